The van der Waals surface area contributed by atoms with Crippen LogP contribution in [-0.2, 0) is 4.74 Å². The molecular weight excluding hydrogens is 214 g/mol. The SMILES string of the molecule is C[C@H](N)c1ccc(N2CCOCC2(C)C)nc1. The second-order valence-electron chi connectivity index (χ2n) is 5.26. The largest absolute Gasteiger partial charge is 0.377 e. The standard InChI is InChI=1S/C13H21N3O/c1-10(14)11-4-5-12(15-8-11)16-6-7-17-9-13(16,2)3/h4-5,8,10H,6-7,9,14H2,1-3H3/t10-/m0/s1. The summed E-state index contributed by atoms with van der Waals surface area (Å²) in [5.41, 5.74) is 6.89. The molecule has 1 aromatic rings. The molecular formula is C13H21N3O. The van der Waals surface area contributed by atoms with Gasteiger partial charge in [-0.25, -0.2) is 4.98 Å². The van der Waals surface area contributed by atoms with E-state index in [-0.39, 0.29) is 11.6 Å². The lowest BCUT2D eigenvalue weighted by molar-refractivity contribution is 0.0639. The van der Waals surface area contributed by atoms with Crippen molar-refractivity contribution in [3.63, 3.8) is 0 Å². The Balaban J connectivity index is 2.21. The van der Waals surface area contributed by atoms with E-state index in [1.807, 2.05) is 19.2 Å². The van der Waals surface area contributed by atoms with E-state index in [1.165, 1.54) is 0 Å². The molecule has 0 aromatic carbocycles. The number of morpholine rings is 1. The first-order chi connectivity index (χ1) is 8.00. The first-order valence-corrected chi connectivity index (χ1v) is 6.07. The number of hydrogen-bond acceptors (Lipinski definition) is 4. The second kappa shape index (κ2) is 4.63. The van der Waals surface area contributed by atoms with Gasteiger partial charge >= 0.3 is 0 Å². The number of aromatic nitrogens is 1. The molecule has 1 atom stereocenters. The lowest BCUT2D eigenvalue weighted by atomic mass is 10.0. The van der Waals surface area contributed by atoms with Crippen molar-refractivity contribution >= 4 is 5.82 Å². The van der Waals surface area contributed by atoms with Gasteiger partial charge in [0.1, 0.15) is 5.82 Å². The first kappa shape index (κ1) is 12.3. The van der Waals surface area contributed by atoms with Gasteiger partial charge in [0.25, 0.3) is 0 Å². The Morgan fingerprint density at radius 3 is 2.76 bits per heavy atom. The molecule has 2 N–H and O–H groups in total. The van der Waals surface area contributed by atoms with Crippen LogP contribution in [-0.4, -0.2) is 30.3 Å². The van der Waals surface area contributed by atoms with Crippen molar-refractivity contribution in [3.8, 4) is 0 Å². The Labute approximate surface area is 103 Å². The van der Waals surface area contributed by atoms with Gasteiger partial charge in [-0.1, -0.05) is 6.07 Å². The smallest absolute Gasteiger partial charge is 0.129 e. The summed E-state index contributed by atoms with van der Waals surface area (Å²) in [7, 11) is 0. The third-order valence-electron chi connectivity index (χ3n) is 3.22. The summed E-state index contributed by atoms with van der Waals surface area (Å²) in [6.45, 7) is 8.71. The summed E-state index contributed by atoms with van der Waals surface area (Å²) < 4.78 is 5.51. The highest BCUT2D eigenvalue weighted by Crippen LogP contribution is 2.25. The number of rotatable bonds is 2. The lowest BCUT2D eigenvalue weighted by Crippen LogP contribution is -2.53. The van der Waals surface area contributed by atoms with Gasteiger partial charge < -0.3 is 15.4 Å². The molecule has 0 spiro atoms. The number of pyridine rings is 1. The number of nitrogens with zero attached hydrogens (tertiary/aromatic N) is 2. The molecule has 94 valence electrons. The van der Waals surface area contributed by atoms with Gasteiger partial charge in [0.2, 0.25) is 0 Å². The summed E-state index contributed by atoms with van der Waals surface area (Å²) in [6.07, 6.45) is 1.87. The van der Waals surface area contributed by atoms with Gasteiger partial charge in [-0.15, -0.1) is 0 Å². The fourth-order valence-electron chi connectivity index (χ4n) is 2.11. The summed E-state index contributed by atoms with van der Waals surface area (Å²) in [5.74, 6) is 1.00. The third-order valence-corrected chi connectivity index (χ3v) is 3.22. The van der Waals surface area contributed by atoms with Crippen LogP contribution in [0.2, 0.25) is 0 Å². The van der Waals surface area contributed by atoms with E-state index >= 15 is 0 Å². The van der Waals surface area contributed by atoms with Crippen LogP contribution in [0.1, 0.15) is 32.4 Å². The third kappa shape index (κ3) is 2.58. The zero-order valence-electron chi connectivity index (χ0n) is 10.8. The maximum atomic E-state index is 5.82. The highest BCUT2D eigenvalue weighted by atomic mass is 16.5. The van der Waals surface area contributed by atoms with Crippen molar-refractivity contribution in [1.82, 2.24) is 4.98 Å². The molecule has 17 heavy (non-hydrogen) atoms. The van der Waals surface area contributed by atoms with Crippen LogP contribution in [0, 0.1) is 0 Å². The Bertz CT molecular complexity index is 373. The van der Waals surface area contributed by atoms with Crippen molar-refractivity contribution < 1.29 is 4.74 Å². The average Bonchev–Trinajstić information content (AvgIpc) is 2.28. The highest BCUT2D eigenvalue weighted by Gasteiger charge is 2.31. The molecule has 1 saturated heterocycles. The molecule has 2 rings (SSSR count). The molecule has 1 aromatic heterocycles. The van der Waals surface area contributed by atoms with Crippen LogP contribution in [0.4, 0.5) is 5.82 Å². The van der Waals surface area contributed by atoms with Crippen molar-refractivity contribution in [3.05, 3.63) is 23.9 Å². The second-order valence-corrected chi connectivity index (χ2v) is 5.26. The molecule has 0 saturated carbocycles. The Morgan fingerprint density at radius 2 is 2.24 bits per heavy atom. The normalized spacial score (nSPS) is 21.3. The minimum atomic E-state index is 0.00109. The van der Waals surface area contributed by atoms with E-state index in [9.17, 15) is 0 Å². The maximum Gasteiger partial charge on any atom is 0.129 e. The van der Waals surface area contributed by atoms with Crippen molar-refractivity contribution in [2.24, 2.45) is 5.73 Å². The lowest BCUT2D eigenvalue weighted by Gasteiger charge is -2.43. The highest BCUT2D eigenvalue weighted by molar-refractivity contribution is 5.43. The fourth-order valence-corrected chi connectivity index (χ4v) is 2.11. The molecule has 1 aliphatic rings. The van der Waals surface area contributed by atoms with Crippen LogP contribution in [0.3, 0.4) is 0 Å². The molecule has 1 fully saturated rings. The van der Waals surface area contributed by atoms with Crippen molar-refractivity contribution in [2.75, 3.05) is 24.7 Å². The van der Waals surface area contributed by atoms with E-state index in [1.54, 1.807) is 0 Å². The summed E-state index contributed by atoms with van der Waals surface area (Å²) in [5, 5.41) is 0. The number of nitrogens with two attached hydrogens (primary N) is 1. The summed E-state index contributed by atoms with van der Waals surface area (Å²) in [4.78, 5) is 6.80. The maximum absolute atomic E-state index is 5.82. The van der Waals surface area contributed by atoms with Crippen LogP contribution in [0.25, 0.3) is 0 Å². The van der Waals surface area contributed by atoms with Gasteiger partial charge in [-0.05, 0) is 32.4 Å². The molecule has 0 aliphatic carbocycles. The topological polar surface area (TPSA) is 51.4 Å². The Morgan fingerprint density at radius 1 is 1.47 bits per heavy atom. The quantitative estimate of drug-likeness (QED) is 0.848. The minimum Gasteiger partial charge on any atom is -0.377 e. The van der Waals surface area contributed by atoms with Crippen molar-refractivity contribution in [2.45, 2.75) is 32.4 Å². The van der Waals surface area contributed by atoms with Crippen LogP contribution < -0.4 is 10.6 Å². The monoisotopic (exact) mass is 235 g/mol. The Kier molecular flexibility index (Phi) is 3.35. The first-order valence-electron chi connectivity index (χ1n) is 6.07. The Hall–Kier alpha value is -1.13. The summed E-state index contributed by atoms with van der Waals surface area (Å²) >= 11 is 0. The fraction of sp³-hybridized carbons (Fsp3) is 0.615. The summed E-state index contributed by atoms with van der Waals surface area (Å²) in [6, 6.07) is 4.14. The molecule has 0 bridgehead atoms. The molecule has 2 heterocycles. The molecule has 0 amide bonds. The predicted molar refractivity (Wildman–Crippen MR) is 69.1 cm³/mol. The van der Waals surface area contributed by atoms with E-state index < -0.39 is 0 Å². The van der Waals surface area contributed by atoms with Crippen LogP contribution in [0.15, 0.2) is 18.3 Å². The molecule has 0 unspecified atom stereocenters. The van der Waals surface area contributed by atoms with E-state index in [0.29, 0.717) is 0 Å². The van der Waals surface area contributed by atoms with Gasteiger partial charge in [-0.3, -0.25) is 0 Å². The van der Waals surface area contributed by atoms with Gasteiger partial charge in [0.05, 0.1) is 18.8 Å². The number of hydrogen-bond donors (Lipinski definition) is 1. The minimum absolute atomic E-state index is 0.00109. The van der Waals surface area contributed by atoms with Crippen LogP contribution >= 0.6 is 0 Å². The van der Waals surface area contributed by atoms with E-state index in [2.05, 4.69) is 29.8 Å². The van der Waals surface area contributed by atoms with E-state index in [0.717, 1.165) is 31.1 Å². The van der Waals surface area contributed by atoms with Gasteiger partial charge in [0.15, 0.2) is 0 Å². The zero-order valence-corrected chi connectivity index (χ0v) is 10.8. The molecule has 4 nitrogen and oxygen atoms in total. The average molecular weight is 235 g/mol. The number of anilines is 1. The molecule has 4 heteroatoms. The predicted octanol–water partition coefficient (Wildman–Crippen LogP) is 1.72. The van der Waals surface area contributed by atoms with E-state index in [4.69, 9.17) is 10.5 Å². The molecule has 0 radical (unpaired) electrons. The zero-order chi connectivity index (χ0) is 12.5. The molecule has 1 aliphatic heterocycles. The van der Waals surface area contributed by atoms with Crippen LogP contribution in [0.5, 0.6) is 0 Å². The van der Waals surface area contributed by atoms with Crippen molar-refractivity contribution in [1.29, 1.82) is 0 Å². The van der Waals surface area contributed by atoms with Gasteiger partial charge in [-0.2, -0.15) is 0 Å². The van der Waals surface area contributed by atoms with Gasteiger partial charge in [0, 0.05) is 18.8 Å². The number of ether oxygens (including phenoxy) is 1.